The van der Waals surface area contributed by atoms with Crippen molar-refractivity contribution in [2.75, 3.05) is 17.1 Å². The number of carbonyl (C=O) groups excluding carboxylic acids is 1. The van der Waals surface area contributed by atoms with Crippen molar-refractivity contribution in [3.63, 3.8) is 0 Å². The maximum atomic E-state index is 12.6. The molecule has 1 aliphatic carbocycles. The van der Waals surface area contributed by atoms with Gasteiger partial charge in [0.1, 0.15) is 0 Å². The molecule has 6 heteroatoms. The second kappa shape index (κ2) is 7.50. The molecule has 0 saturated carbocycles. The van der Waals surface area contributed by atoms with Gasteiger partial charge in [0.05, 0.1) is 17.5 Å². The average Bonchev–Trinajstić information content (AvgIpc) is 2.67. The SMILES string of the molecule is CCS(=O)(=O)N(C)c1ccc(C(=O)N[C@@H]2CCCc3ccccc32)cc1. The highest BCUT2D eigenvalue weighted by atomic mass is 32.2. The minimum Gasteiger partial charge on any atom is -0.345 e. The van der Waals surface area contributed by atoms with E-state index in [1.165, 1.54) is 22.5 Å². The highest BCUT2D eigenvalue weighted by Gasteiger charge is 2.22. The Labute approximate surface area is 155 Å². The van der Waals surface area contributed by atoms with Crippen LogP contribution in [-0.2, 0) is 16.4 Å². The Morgan fingerprint density at radius 2 is 1.85 bits per heavy atom. The molecule has 1 amide bonds. The minimum atomic E-state index is -3.31. The summed E-state index contributed by atoms with van der Waals surface area (Å²) < 4.78 is 25.1. The van der Waals surface area contributed by atoms with Crippen LogP contribution >= 0.6 is 0 Å². The van der Waals surface area contributed by atoms with Crippen LogP contribution in [0.2, 0.25) is 0 Å². The molecule has 3 rings (SSSR count). The van der Waals surface area contributed by atoms with Crippen LogP contribution in [0.3, 0.4) is 0 Å². The highest BCUT2D eigenvalue weighted by molar-refractivity contribution is 7.92. The molecule has 0 bridgehead atoms. The quantitative estimate of drug-likeness (QED) is 0.876. The zero-order chi connectivity index (χ0) is 18.7. The number of rotatable bonds is 5. The van der Waals surface area contributed by atoms with Gasteiger partial charge in [-0.15, -0.1) is 0 Å². The van der Waals surface area contributed by atoms with Gasteiger partial charge in [0.25, 0.3) is 5.91 Å². The van der Waals surface area contributed by atoms with Crippen molar-refractivity contribution in [3.8, 4) is 0 Å². The van der Waals surface area contributed by atoms with E-state index < -0.39 is 10.0 Å². The van der Waals surface area contributed by atoms with Gasteiger partial charge < -0.3 is 5.32 Å². The summed E-state index contributed by atoms with van der Waals surface area (Å²) in [5.74, 6) is -0.105. The van der Waals surface area contributed by atoms with Crippen LogP contribution in [0.15, 0.2) is 48.5 Å². The number of benzene rings is 2. The molecule has 1 atom stereocenters. The molecule has 1 aliphatic rings. The molecule has 0 unspecified atom stereocenters. The Balaban J connectivity index is 1.74. The number of nitrogens with one attached hydrogen (secondary N) is 1. The number of fused-ring (bicyclic) bond motifs is 1. The van der Waals surface area contributed by atoms with E-state index in [-0.39, 0.29) is 17.7 Å². The number of aryl methyl sites for hydroxylation is 1. The lowest BCUT2D eigenvalue weighted by Gasteiger charge is -2.26. The summed E-state index contributed by atoms with van der Waals surface area (Å²) in [5, 5.41) is 3.11. The summed E-state index contributed by atoms with van der Waals surface area (Å²) in [6.07, 6.45) is 3.04. The van der Waals surface area contributed by atoms with Crippen LogP contribution in [-0.4, -0.2) is 27.1 Å². The molecule has 0 aliphatic heterocycles. The summed E-state index contributed by atoms with van der Waals surface area (Å²) in [4.78, 5) is 12.6. The fraction of sp³-hybridized carbons (Fsp3) is 0.350. The standard InChI is InChI=1S/C20H24N2O3S/c1-3-26(24,25)22(2)17-13-11-16(12-14-17)20(23)21-19-10-6-8-15-7-4-5-9-18(15)19/h4-5,7,9,11-14,19H,3,6,8,10H2,1-2H3,(H,21,23)/t19-/m1/s1. The monoisotopic (exact) mass is 372 g/mol. The Kier molecular flexibility index (Phi) is 5.32. The molecule has 0 radical (unpaired) electrons. The van der Waals surface area contributed by atoms with E-state index in [9.17, 15) is 13.2 Å². The van der Waals surface area contributed by atoms with Crippen LogP contribution in [0.25, 0.3) is 0 Å². The average molecular weight is 372 g/mol. The van der Waals surface area contributed by atoms with Crippen molar-refractivity contribution < 1.29 is 13.2 Å². The highest BCUT2D eigenvalue weighted by Crippen LogP contribution is 2.29. The summed E-state index contributed by atoms with van der Waals surface area (Å²) in [6.45, 7) is 1.61. The molecule has 0 saturated heterocycles. The topological polar surface area (TPSA) is 66.5 Å². The van der Waals surface area contributed by atoms with E-state index in [0.29, 0.717) is 11.3 Å². The van der Waals surface area contributed by atoms with Gasteiger partial charge >= 0.3 is 0 Å². The van der Waals surface area contributed by atoms with Crippen LogP contribution in [0.4, 0.5) is 5.69 Å². The van der Waals surface area contributed by atoms with Crippen LogP contribution in [0, 0.1) is 0 Å². The Hall–Kier alpha value is -2.34. The second-order valence-corrected chi connectivity index (χ2v) is 8.82. The van der Waals surface area contributed by atoms with Crippen molar-refractivity contribution in [1.82, 2.24) is 5.32 Å². The fourth-order valence-electron chi connectivity index (χ4n) is 3.32. The van der Waals surface area contributed by atoms with E-state index in [1.54, 1.807) is 31.2 Å². The molecule has 2 aromatic rings. The number of hydrogen-bond acceptors (Lipinski definition) is 3. The van der Waals surface area contributed by atoms with E-state index in [4.69, 9.17) is 0 Å². The molecular formula is C20H24N2O3S. The lowest BCUT2D eigenvalue weighted by atomic mass is 9.87. The predicted molar refractivity (Wildman–Crippen MR) is 104 cm³/mol. The molecule has 0 spiro atoms. The zero-order valence-electron chi connectivity index (χ0n) is 15.1. The summed E-state index contributed by atoms with van der Waals surface area (Å²) in [7, 11) is -1.79. The van der Waals surface area contributed by atoms with Gasteiger partial charge in [0.15, 0.2) is 0 Å². The van der Waals surface area contributed by atoms with Gasteiger partial charge in [-0.1, -0.05) is 24.3 Å². The molecule has 26 heavy (non-hydrogen) atoms. The molecule has 2 aromatic carbocycles. The van der Waals surface area contributed by atoms with Crippen molar-refractivity contribution in [3.05, 3.63) is 65.2 Å². The number of sulfonamides is 1. The van der Waals surface area contributed by atoms with Crippen molar-refractivity contribution in [1.29, 1.82) is 0 Å². The third-order valence-corrected chi connectivity index (χ3v) is 6.72. The molecule has 0 heterocycles. The molecule has 0 aromatic heterocycles. The largest absolute Gasteiger partial charge is 0.345 e. The third-order valence-electron chi connectivity index (χ3n) is 4.95. The first-order valence-corrected chi connectivity index (χ1v) is 10.5. The summed E-state index contributed by atoms with van der Waals surface area (Å²) >= 11 is 0. The Morgan fingerprint density at radius 1 is 1.15 bits per heavy atom. The first-order valence-electron chi connectivity index (χ1n) is 8.87. The molecule has 138 valence electrons. The predicted octanol–water partition coefficient (Wildman–Crippen LogP) is 3.28. The maximum absolute atomic E-state index is 12.6. The summed E-state index contributed by atoms with van der Waals surface area (Å²) in [6, 6.07) is 14.9. The third kappa shape index (κ3) is 3.75. The van der Waals surface area contributed by atoms with Crippen LogP contribution < -0.4 is 9.62 Å². The van der Waals surface area contributed by atoms with Gasteiger partial charge in [-0.3, -0.25) is 9.10 Å². The number of hydrogen-bond donors (Lipinski definition) is 1. The lowest BCUT2D eigenvalue weighted by Crippen LogP contribution is -2.31. The van der Waals surface area contributed by atoms with Crippen molar-refractivity contribution in [2.45, 2.75) is 32.2 Å². The van der Waals surface area contributed by atoms with E-state index in [2.05, 4.69) is 17.4 Å². The van der Waals surface area contributed by atoms with Crippen molar-refractivity contribution in [2.24, 2.45) is 0 Å². The van der Waals surface area contributed by atoms with Crippen LogP contribution in [0.5, 0.6) is 0 Å². The van der Waals surface area contributed by atoms with Gasteiger partial charge in [-0.2, -0.15) is 0 Å². The molecular weight excluding hydrogens is 348 g/mol. The van der Waals surface area contributed by atoms with Gasteiger partial charge in [0, 0.05) is 12.6 Å². The number of amides is 1. The first kappa shape index (κ1) is 18.5. The van der Waals surface area contributed by atoms with E-state index in [1.807, 2.05) is 12.1 Å². The molecule has 1 N–H and O–H groups in total. The van der Waals surface area contributed by atoms with Gasteiger partial charge in [-0.25, -0.2) is 8.42 Å². The maximum Gasteiger partial charge on any atom is 0.251 e. The second-order valence-electron chi connectivity index (χ2n) is 6.53. The number of anilines is 1. The van der Waals surface area contributed by atoms with Gasteiger partial charge in [0.2, 0.25) is 10.0 Å². The summed E-state index contributed by atoms with van der Waals surface area (Å²) in [5.41, 5.74) is 3.56. The zero-order valence-corrected chi connectivity index (χ0v) is 15.9. The number of nitrogens with zero attached hydrogens (tertiary/aromatic N) is 1. The normalized spacial score (nSPS) is 16.6. The molecule has 0 fully saturated rings. The Morgan fingerprint density at radius 3 is 2.54 bits per heavy atom. The molecule has 5 nitrogen and oxygen atoms in total. The Bertz CT molecular complexity index is 892. The van der Waals surface area contributed by atoms with Crippen molar-refractivity contribution >= 4 is 21.6 Å². The lowest BCUT2D eigenvalue weighted by molar-refractivity contribution is 0.0933. The van der Waals surface area contributed by atoms with Crippen LogP contribution in [0.1, 0.15) is 47.3 Å². The van der Waals surface area contributed by atoms with Gasteiger partial charge in [-0.05, 0) is 61.6 Å². The van der Waals surface area contributed by atoms with E-state index in [0.717, 1.165) is 19.3 Å². The first-order chi connectivity index (χ1) is 12.4. The number of carbonyl (C=O) groups is 1. The minimum absolute atomic E-state index is 0.0234. The fourth-order valence-corrected chi connectivity index (χ4v) is 4.15. The van der Waals surface area contributed by atoms with E-state index >= 15 is 0 Å². The smallest absolute Gasteiger partial charge is 0.251 e.